The first-order chi connectivity index (χ1) is 16.7. The predicted molar refractivity (Wildman–Crippen MR) is 133 cm³/mol. The molecule has 0 radical (unpaired) electrons. The number of aromatic nitrogens is 2. The van der Waals surface area contributed by atoms with Gasteiger partial charge in [-0.15, -0.1) is 0 Å². The first kappa shape index (κ1) is 20.6. The maximum atomic E-state index is 5.86. The Morgan fingerprint density at radius 2 is 1.88 bits per heavy atom. The molecule has 1 N–H and O–H groups in total. The number of hydrogen-bond donors (Lipinski definition) is 1. The molecule has 2 aliphatic heterocycles. The van der Waals surface area contributed by atoms with Crippen molar-refractivity contribution < 1.29 is 14.2 Å². The van der Waals surface area contributed by atoms with Gasteiger partial charge in [0.05, 0.1) is 18.8 Å². The summed E-state index contributed by atoms with van der Waals surface area (Å²) < 4.78 is 18.8. The van der Waals surface area contributed by atoms with E-state index < -0.39 is 0 Å². The lowest BCUT2D eigenvalue weighted by Gasteiger charge is -2.29. The molecule has 4 heterocycles. The van der Waals surface area contributed by atoms with Gasteiger partial charge >= 0.3 is 0 Å². The Labute approximate surface area is 202 Å². The van der Waals surface area contributed by atoms with E-state index in [1.807, 2.05) is 66.9 Å². The minimum absolute atomic E-state index is 0.154. The normalized spacial score (nSPS) is 18.7. The summed E-state index contributed by atoms with van der Waals surface area (Å²) in [7, 11) is 1.67. The second kappa shape index (κ2) is 8.39. The molecule has 8 heteroatoms. The lowest BCUT2D eigenvalue weighted by atomic mass is 10.0. The summed E-state index contributed by atoms with van der Waals surface area (Å²) in [5, 5.41) is 4.13. The topological polar surface area (TPSA) is 60.8 Å². The molecule has 2 aromatic carbocycles. The SMILES string of the molecule is COc1cccc(-n2cccc2[C@H]2[C@H](c3ccccn3)NC(=S)N2c2ccc3c(c2)OCO3)c1. The molecule has 0 aliphatic carbocycles. The molecule has 2 atom stereocenters. The van der Waals surface area contributed by atoms with Crippen LogP contribution in [0.3, 0.4) is 0 Å². The van der Waals surface area contributed by atoms with Gasteiger partial charge in [-0.05, 0) is 60.7 Å². The van der Waals surface area contributed by atoms with Gasteiger partial charge in [-0.25, -0.2) is 0 Å². The van der Waals surface area contributed by atoms with Crippen LogP contribution in [0.4, 0.5) is 5.69 Å². The van der Waals surface area contributed by atoms with E-state index in [1.165, 1.54) is 0 Å². The summed E-state index contributed by atoms with van der Waals surface area (Å²) in [5.41, 5.74) is 3.90. The predicted octanol–water partition coefficient (Wildman–Crippen LogP) is 4.79. The summed E-state index contributed by atoms with van der Waals surface area (Å²) in [6, 6.07) is 23.7. The van der Waals surface area contributed by atoms with E-state index in [9.17, 15) is 0 Å². The van der Waals surface area contributed by atoms with Crippen LogP contribution in [0.25, 0.3) is 5.69 Å². The third-order valence-electron chi connectivity index (χ3n) is 6.15. The zero-order valence-electron chi connectivity index (χ0n) is 18.4. The lowest BCUT2D eigenvalue weighted by molar-refractivity contribution is 0.174. The minimum atomic E-state index is -0.163. The number of hydrogen-bond acceptors (Lipinski definition) is 5. The molecule has 0 bridgehead atoms. The Kier molecular flexibility index (Phi) is 5.07. The number of ether oxygens (including phenoxy) is 3. The molecule has 170 valence electrons. The van der Waals surface area contributed by atoms with Crippen molar-refractivity contribution in [2.75, 3.05) is 18.8 Å². The van der Waals surface area contributed by atoms with Crippen LogP contribution in [0, 0.1) is 0 Å². The number of thiocarbonyl (C=S) groups is 1. The second-order valence-electron chi connectivity index (χ2n) is 8.04. The van der Waals surface area contributed by atoms with E-state index in [0.29, 0.717) is 10.9 Å². The van der Waals surface area contributed by atoms with Crippen molar-refractivity contribution >= 4 is 23.0 Å². The van der Waals surface area contributed by atoms with Crippen LogP contribution in [-0.2, 0) is 0 Å². The molecule has 4 aromatic rings. The number of pyridine rings is 1. The van der Waals surface area contributed by atoms with Crippen LogP contribution < -0.4 is 24.4 Å². The smallest absolute Gasteiger partial charge is 0.231 e. The molecule has 0 saturated carbocycles. The summed E-state index contributed by atoms with van der Waals surface area (Å²) in [6.45, 7) is 0.222. The van der Waals surface area contributed by atoms with E-state index in [4.69, 9.17) is 26.4 Å². The minimum Gasteiger partial charge on any atom is -0.497 e. The van der Waals surface area contributed by atoms with Gasteiger partial charge in [0.15, 0.2) is 16.6 Å². The fourth-order valence-corrected chi connectivity index (χ4v) is 4.95. The highest BCUT2D eigenvalue weighted by molar-refractivity contribution is 7.80. The fraction of sp³-hybridized carbons (Fsp3) is 0.154. The molecule has 6 rings (SSSR count). The maximum absolute atomic E-state index is 5.86. The van der Waals surface area contributed by atoms with Crippen LogP contribution in [0.5, 0.6) is 17.2 Å². The van der Waals surface area contributed by atoms with Crippen molar-refractivity contribution in [1.29, 1.82) is 0 Å². The molecule has 7 nitrogen and oxygen atoms in total. The van der Waals surface area contributed by atoms with E-state index in [2.05, 4.69) is 38.1 Å². The second-order valence-corrected chi connectivity index (χ2v) is 8.43. The monoisotopic (exact) mass is 470 g/mol. The van der Waals surface area contributed by atoms with Gasteiger partial charge in [0, 0.05) is 41.6 Å². The number of nitrogens with zero attached hydrogens (tertiary/aromatic N) is 3. The van der Waals surface area contributed by atoms with E-state index in [-0.39, 0.29) is 18.9 Å². The third-order valence-corrected chi connectivity index (χ3v) is 6.46. The van der Waals surface area contributed by atoms with E-state index >= 15 is 0 Å². The van der Waals surface area contributed by atoms with E-state index in [0.717, 1.165) is 34.3 Å². The highest BCUT2D eigenvalue weighted by atomic mass is 32.1. The first-order valence-electron chi connectivity index (χ1n) is 10.9. The van der Waals surface area contributed by atoms with Gasteiger partial charge in [0.1, 0.15) is 11.8 Å². The van der Waals surface area contributed by atoms with Crippen molar-refractivity contribution in [1.82, 2.24) is 14.9 Å². The van der Waals surface area contributed by atoms with Crippen LogP contribution in [0.15, 0.2) is 85.2 Å². The first-order valence-corrected chi connectivity index (χ1v) is 11.4. The summed E-state index contributed by atoms with van der Waals surface area (Å²) in [4.78, 5) is 6.78. The Bertz CT molecular complexity index is 1360. The highest BCUT2D eigenvalue weighted by Crippen LogP contribution is 2.45. The Morgan fingerprint density at radius 1 is 0.971 bits per heavy atom. The summed E-state index contributed by atoms with van der Waals surface area (Å²) in [5.74, 6) is 2.24. The van der Waals surface area contributed by atoms with Crippen molar-refractivity contribution in [3.05, 3.63) is 96.6 Å². The van der Waals surface area contributed by atoms with Crippen LogP contribution in [0.1, 0.15) is 23.5 Å². The Balaban J connectivity index is 1.50. The fourth-order valence-electron chi connectivity index (χ4n) is 4.60. The quantitative estimate of drug-likeness (QED) is 0.421. The zero-order chi connectivity index (χ0) is 23.1. The average Bonchev–Trinajstić information content (AvgIpc) is 3.62. The number of nitrogens with one attached hydrogen (secondary N) is 1. The molecule has 34 heavy (non-hydrogen) atoms. The zero-order valence-corrected chi connectivity index (χ0v) is 19.2. The van der Waals surface area contributed by atoms with Gasteiger partial charge in [-0.1, -0.05) is 12.1 Å². The molecular formula is C26H22N4O3S. The molecule has 0 amide bonds. The summed E-state index contributed by atoms with van der Waals surface area (Å²) in [6.07, 6.45) is 3.86. The highest BCUT2D eigenvalue weighted by Gasteiger charge is 2.42. The van der Waals surface area contributed by atoms with Crippen molar-refractivity contribution in [3.63, 3.8) is 0 Å². The van der Waals surface area contributed by atoms with Gasteiger partial charge in [0.2, 0.25) is 6.79 Å². The van der Waals surface area contributed by atoms with Crippen LogP contribution in [0.2, 0.25) is 0 Å². The standard InChI is InChI=1S/C26H22N4O3S/c1-31-19-7-4-6-17(14-19)29-13-5-9-21(29)25-24(20-8-2-3-12-27-20)28-26(34)30(25)18-10-11-22-23(15-18)33-16-32-22/h2-15,24-25H,16H2,1H3,(H,28,34)/t24-,25-/m0/s1. The maximum Gasteiger partial charge on any atom is 0.231 e. The van der Waals surface area contributed by atoms with Gasteiger partial charge in [0.25, 0.3) is 0 Å². The number of fused-ring (bicyclic) bond motifs is 1. The number of methoxy groups -OCH3 is 1. The number of benzene rings is 2. The van der Waals surface area contributed by atoms with Crippen LogP contribution >= 0.6 is 12.2 Å². The van der Waals surface area contributed by atoms with Crippen LogP contribution in [-0.4, -0.2) is 28.6 Å². The van der Waals surface area contributed by atoms with E-state index in [1.54, 1.807) is 7.11 Å². The number of anilines is 1. The number of rotatable bonds is 5. The van der Waals surface area contributed by atoms with Gasteiger partial charge in [-0.3, -0.25) is 4.98 Å². The van der Waals surface area contributed by atoms with Crippen molar-refractivity contribution in [2.45, 2.75) is 12.1 Å². The molecule has 1 saturated heterocycles. The Hall–Kier alpha value is -4.04. The summed E-state index contributed by atoms with van der Waals surface area (Å²) >= 11 is 5.86. The van der Waals surface area contributed by atoms with Crippen molar-refractivity contribution in [2.24, 2.45) is 0 Å². The third kappa shape index (κ3) is 3.43. The van der Waals surface area contributed by atoms with Gasteiger partial charge < -0.3 is 29.0 Å². The average molecular weight is 471 g/mol. The molecule has 2 aromatic heterocycles. The molecule has 1 fully saturated rings. The van der Waals surface area contributed by atoms with Crippen molar-refractivity contribution in [3.8, 4) is 22.9 Å². The van der Waals surface area contributed by atoms with Gasteiger partial charge in [-0.2, -0.15) is 0 Å². The largest absolute Gasteiger partial charge is 0.497 e. The molecule has 2 aliphatic rings. The molecule has 0 unspecified atom stereocenters. The lowest BCUT2D eigenvalue weighted by Crippen LogP contribution is -2.30. The molecular weight excluding hydrogens is 448 g/mol. The molecule has 0 spiro atoms. The Morgan fingerprint density at radius 3 is 2.74 bits per heavy atom.